The van der Waals surface area contributed by atoms with Gasteiger partial charge in [-0.15, -0.1) is 0 Å². The summed E-state index contributed by atoms with van der Waals surface area (Å²) in [6, 6.07) is 7.82. The fraction of sp³-hybridized carbons (Fsp3) is 0.536. The second-order valence-corrected chi connectivity index (χ2v) is 13.8. The molecule has 0 radical (unpaired) electrons. The van der Waals surface area contributed by atoms with E-state index in [0.29, 0.717) is 24.7 Å². The number of hydrogen-bond donors (Lipinski definition) is 1. The predicted molar refractivity (Wildman–Crippen MR) is 142 cm³/mol. The lowest BCUT2D eigenvalue weighted by molar-refractivity contribution is -0.00913. The van der Waals surface area contributed by atoms with Crippen molar-refractivity contribution in [1.29, 1.82) is 0 Å². The van der Waals surface area contributed by atoms with Crippen LogP contribution in [0.3, 0.4) is 0 Å². The number of aliphatic hydroxyl groups excluding tert-OH is 1. The van der Waals surface area contributed by atoms with E-state index in [4.69, 9.17) is 21.1 Å². The number of benzene rings is 2. The summed E-state index contributed by atoms with van der Waals surface area (Å²) >= 11 is 6.00. The first-order chi connectivity index (χ1) is 19.2. The Kier molecular flexibility index (Phi) is 7.21. The molecule has 2 aromatic rings. The fourth-order valence-electron chi connectivity index (χ4n) is 7.25. The van der Waals surface area contributed by atoms with Gasteiger partial charge in [-0.05, 0) is 68.5 Å². The Morgan fingerprint density at radius 1 is 1.07 bits per heavy atom. The van der Waals surface area contributed by atoms with E-state index < -0.39 is 44.3 Å². The maximum Gasteiger partial charge on any atom is 0.410 e. The second-order valence-electron chi connectivity index (χ2n) is 11.1. The van der Waals surface area contributed by atoms with Crippen molar-refractivity contribution in [3.05, 3.63) is 58.6 Å². The largest absolute Gasteiger partial charge is 0.490 e. The molecular formula is C28H31ClF2N2O6S. The Labute approximate surface area is 236 Å². The number of hydrogen-bond acceptors (Lipinski definition) is 7. The second kappa shape index (κ2) is 10.4. The molecule has 0 spiro atoms. The van der Waals surface area contributed by atoms with E-state index in [1.807, 2.05) is 0 Å². The van der Waals surface area contributed by atoms with E-state index in [2.05, 4.69) is 4.90 Å². The average molecular weight is 597 g/mol. The molecule has 8 nitrogen and oxygen atoms in total. The molecule has 2 unspecified atom stereocenters. The zero-order valence-electron chi connectivity index (χ0n) is 21.8. The molecule has 1 N–H and O–H groups in total. The van der Waals surface area contributed by atoms with E-state index in [1.165, 1.54) is 24.3 Å². The maximum absolute atomic E-state index is 15.4. The van der Waals surface area contributed by atoms with Gasteiger partial charge in [0.15, 0.2) is 21.4 Å². The molecule has 3 aliphatic heterocycles. The predicted octanol–water partition coefficient (Wildman–Crippen LogP) is 4.13. The quantitative estimate of drug-likeness (QED) is 0.555. The van der Waals surface area contributed by atoms with Gasteiger partial charge in [-0.1, -0.05) is 11.6 Å². The third kappa shape index (κ3) is 4.36. The smallest absolute Gasteiger partial charge is 0.410 e. The average Bonchev–Trinajstić information content (AvgIpc) is 3.16. The topological polar surface area (TPSA) is 96.4 Å². The van der Waals surface area contributed by atoms with Crippen molar-refractivity contribution >= 4 is 27.5 Å². The zero-order valence-corrected chi connectivity index (χ0v) is 23.3. The van der Waals surface area contributed by atoms with Crippen molar-refractivity contribution in [2.45, 2.75) is 59.9 Å². The van der Waals surface area contributed by atoms with Crippen LogP contribution in [0.1, 0.15) is 37.7 Å². The summed E-state index contributed by atoms with van der Waals surface area (Å²) in [6.07, 6.45) is 1.02. The number of fused-ring (bicyclic) bond motifs is 5. The maximum atomic E-state index is 15.4. The number of likely N-dealkylation sites (tertiary alicyclic amines) is 1. The van der Waals surface area contributed by atoms with Crippen LogP contribution in [-0.4, -0.2) is 80.5 Å². The minimum absolute atomic E-state index is 0.0509. The summed E-state index contributed by atoms with van der Waals surface area (Å²) < 4.78 is 68.6. The third-order valence-corrected chi connectivity index (χ3v) is 11.9. The molecule has 12 heteroatoms. The fourth-order valence-corrected chi connectivity index (χ4v) is 9.74. The monoisotopic (exact) mass is 596 g/mol. The van der Waals surface area contributed by atoms with Crippen molar-refractivity contribution in [2.24, 2.45) is 5.92 Å². The van der Waals surface area contributed by atoms with Gasteiger partial charge < -0.3 is 19.5 Å². The van der Waals surface area contributed by atoms with Crippen molar-refractivity contribution in [1.82, 2.24) is 9.80 Å². The molecule has 2 bridgehead atoms. The summed E-state index contributed by atoms with van der Waals surface area (Å²) in [7, 11) is -4.27. The summed E-state index contributed by atoms with van der Waals surface area (Å²) in [5.41, 5.74) is -0.306. The van der Waals surface area contributed by atoms with Crippen molar-refractivity contribution in [3.8, 4) is 5.75 Å². The first-order valence-electron chi connectivity index (χ1n) is 13.6. The Balaban J connectivity index is 1.28. The summed E-state index contributed by atoms with van der Waals surface area (Å²) in [6.45, 7) is 1.48. The number of ether oxygens (including phenoxy) is 2. The van der Waals surface area contributed by atoms with Gasteiger partial charge in [-0.25, -0.2) is 22.0 Å². The third-order valence-electron chi connectivity index (χ3n) is 9.08. The van der Waals surface area contributed by atoms with Crippen LogP contribution in [0.25, 0.3) is 0 Å². The Hall–Kier alpha value is -2.47. The van der Waals surface area contributed by atoms with E-state index >= 15 is 4.39 Å². The van der Waals surface area contributed by atoms with Crippen LogP contribution in [0.15, 0.2) is 41.3 Å². The summed E-state index contributed by atoms with van der Waals surface area (Å²) in [4.78, 5) is 17.1. The molecule has 40 heavy (non-hydrogen) atoms. The molecule has 1 saturated carbocycles. The standard InChI is InChI=1S/C28H31ClF2N2O6S/c29-18-1-5-22(6-2-18)40(36,37)28-10-9-21(13-17(28)16-38-26-24(31)8-7-23(30)25(26)28)39-27(35)32-14-19-3-4-20(15-32)33(19)11-12-34/h1-2,5-8,17,19-21,34H,3-4,9-16H2/t17-,19?,20?,21-,28+/m1/s1. The van der Waals surface area contributed by atoms with Crippen LogP contribution >= 0.6 is 11.6 Å². The number of rotatable bonds is 5. The number of carbonyl (C=O) groups is 1. The normalized spacial score (nSPS) is 29.9. The van der Waals surface area contributed by atoms with Gasteiger partial charge in [-0.3, -0.25) is 4.90 Å². The molecular weight excluding hydrogens is 566 g/mol. The van der Waals surface area contributed by atoms with Gasteiger partial charge in [0.2, 0.25) is 0 Å². The highest BCUT2D eigenvalue weighted by Crippen LogP contribution is 2.57. The number of piperazine rings is 1. The van der Waals surface area contributed by atoms with Crippen LogP contribution in [0.5, 0.6) is 5.75 Å². The SMILES string of the molecule is O=C(O[C@@H]1CC[C@@]2(S(=O)(=O)c3ccc(Cl)cc3)c3c(F)ccc(F)c3OC[C@H]2C1)N1CC2CCC(C1)N2CCO. The lowest BCUT2D eigenvalue weighted by Crippen LogP contribution is -2.57. The molecule has 2 saturated heterocycles. The van der Waals surface area contributed by atoms with Crippen LogP contribution in [0.4, 0.5) is 13.6 Å². The molecule has 3 heterocycles. The summed E-state index contributed by atoms with van der Waals surface area (Å²) in [5, 5.41) is 9.72. The van der Waals surface area contributed by atoms with Crippen LogP contribution in [0, 0.1) is 17.6 Å². The van der Waals surface area contributed by atoms with Crippen molar-refractivity contribution in [2.75, 3.05) is 32.8 Å². The van der Waals surface area contributed by atoms with Crippen LogP contribution in [0.2, 0.25) is 5.02 Å². The van der Waals surface area contributed by atoms with E-state index in [0.717, 1.165) is 25.0 Å². The molecule has 1 amide bonds. The molecule has 216 valence electrons. The summed E-state index contributed by atoms with van der Waals surface area (Å²) in [5.74, 6) is -2.86. The Bertz CT molecular complexity index is 1400. The van der Waals surface area contributed by atoms with Crippen LogP contribution < -0.4 is 4.74 Å². The molecule has 0 aromatic heterocycles. The van der Waals surface area contributed by atoms with E-state index in [9.17, 15) is 22.7 Å². The number of carbonyl (C=O) groups excluding carboxylic acids is 1. The van der Waals surface area contributed by atoms with Crippen molar-refractivity contribution < 1.29 is 36.6 Å². The number of nitrogens with zero attached hydrogens (tertiary/aromatic N) is 2. The molecule has 1 aliphatic carbocycles. The Morgan fingerprint density at radius 2 is 1.75 bits per heavy atom. The van der Waals surface area contributed by atoms with Gasteiger partial charge in [0, 0.05) is 42.7 Å². The number of halogens is 3. The number of sulfone groups is 1. The van der Waals surface area contributed by atoms with Crippen LogP contribution in [-0.2, 0) is 19.3 Å². The number of aliphatic hydroxyl groups is 1. The lowest BCUT2D eigenvalue weighted by atomic mass is 9.72. The minimum Gasteiger partial charge on any atom is -0.490 e. The Morgan fingerprint density at radius 3 is 2.42 bits per heavy atom. The highest BCUT2D eigenvalue weighted by atomic mass is 35.5. The minimum atomic E-state index is -4.27. The molecule has 5 atom stereocenters. The van der Waals surface area contributed by atoms with Crippen molar-refractivity contribution in [3.63, 3.8) is 0 Å². The highest BCUT2D eigenvalue weighted by Gasteiger charge is 2.60. The lowest BCUT2D eigenvalue weighted by Gasteiger charge is -2.49. The van der Waals surface area contributed by atoms with Gasteiger partial charge in [-0.2, -0.15) is 0 Å². The zero-order chi connectivity index (χ0) is 28.2. The molecule has 4 aliphatic rings. The first kappa shape index (κ1) is 27.7. The van der Waals surface area contributed by atoms with Gasteiger partial charge in [0.25, 0.3) is 0 Å². The first-order valence-corrected chi connectivity index (χ1v) is 15.5. The van der Waals surface area contributed by atoms with E-state index in [1.54, 1.807) is 4.90 Å². The highest BCUT2D eigenvalue weighted by molar-refractivity contribution is 7.92. The number of amides is 1. The van der Waals surface area contributed by atoms with Gasteiger partial charge in [0.05, 0.1) is 23.7 Å². The molecule has 2 aromatic carbocycles. The van der Waals surface area contributed by atoms with Gasteiger partial charge >= 0.3 is 6.09 Å². The van der Waals surface area contributed by atoms with E-state index in [-0.39, 0.29) is 60.8 Å². The van der Waals surface area contributed by atoms with Gasteiger partial charge in [0.1, 0.15) is 16.7 Å². The molecule has 3 fully saturated rings. The molecule has 6 rings (SSSR count).